The molecule has 4 aromatic rings. The van der Waals surface area contributed by atoms with Gasteiger partial charge in [-0.1, -0.05) is 30.0 Å². The number of likely N-dealkylation sites (tertiary alicyclic amines) is 1. The third kappa shape index (κ3) is 3.66. The number of thioether (sulfide) groups is 1. The van der Waals surface area contributed by atoms with E-state index in [0.717, 1.165) is 31.5 Å². The van der Waals surface area contributed by atoms with Crippen molar-refractivity contribution in [1.29, 1.82) is 0 Å². The zero-order valence-electron chi connectivity index (χ0n) is 18.8. The van der Waals surface area contributed by atoms with Crippen LogP contribution in [0.1, 0.15) is 25.3 Å². The number of amides is 1. The molecule has 1 aliphatic heterocycles. The Hall–Kier alpha value is -3.33. The maximum Gasteiger partial charge on any atom is 0.267 e. The lowest BCUT2D eigenvalue weighted by atomic mass is 10.2. The number of carbonyl (C=O) groups excluding carboxylic acids is 1. The molecular weight excluding hydrogens is 438 g/mol. The fourth-order valence-electron chi connectivity index (χ4n) is 4.35. The van der Waals surface area contributed by atoms with Crippen LogP contribution in [0.2, 0.25) is 0 Å². The molecule has 0 radical (unpaired) electrons. The third-order valence-corrected chi connectivity index (χ3v) is 7.05. The minimum Gasteiger partial charge on any atom is -0.495 e. The van der Waals surface area contributed by atoms with Crippen LogP contribution in [-0.4, -0.2) is 55.4 Å². The Labute approximate surface area is 195 Å². The number of methoxy groups -OCH3 is 1. The minimum atomic E-state index is -0.317. The smallest absolute Gasteiger partial charge is 0.267 e. The molecule has 9 heteroatoms. The van der Waals surface area contributed by atoms with Gasteiger partial charge in [0.25, 0.3) is 5.56 Å². The molecule has 170 valence electrons. The van der Waals surface area contributed by atoms with Gasteiger partial charge in [0.1, 0.15) is 5.75 Å². The van der Waals surface area contributed by atoms with Crippen molar-refractivity contribution in [1.82, 2.24) is 24.1 Å². The number of benzene rings is 2. The summed E-state index contributed by atoms with van der Waals surface area (Å²) < 4.78 is 8.96. The van der Waals surface area contributed by atoms with Crippen molar-refractivity contribution in [2.24, 2.45) is 0 Å². The van der Waals surface area contributed by atoms with E-state index in [1.54, 1.807) is 13.2 Å². The first-order chi connectivity index (χ1) is 16.0. The molecule has 0 N–H and O–H groups in total. The van der Waals surface area contributed by atoms with Gasteiger partial charge in [0, 0.05) is 13.1 Å². The summed E-state index contributed by atoms with van der Waals surface area (Å²) >= 11 is 1.36. The van der Waals surface area contributed by atoms with Crippen molar-refractivity contribution in [3.05, 3.63) is 58.4 Å². The SMILES string of the molecule is COc1ccc(C)cc1-n1c(=O)c2ccccc2n2c(SC(C)C(=O)N3CCCC3)nnc12. The number of aryl methyl sites for hydroxylation is 1. The summed E-state index contributed by atoms with van der Waals surface area (Å²) in [6, 6.07) is 13.1. The number of hydrogen-bond acceptors (Lipinski definition) is 6. The van der Waals surface area contributed by atoms with E-state index in [1.165, 1.54) is 16.3 Å². The molecule has 1 atom stereocenters. The molecule has 0 saturated carbocycles. The Bertz CT molecular complexity index is 1420. The average Bonchev–Trinajstić information content (AvgIpc) is 3.50. The maximum atomic E-state index is 13.6. The van der Waals surface area contributed by atoms with Gasteiger partial charge in [0.2, 0.25) is 11.7 Å². The Kier molecular flexibility index (Phi) is 5.57. The van der Waals surface area contributed by atoms with Crippen LogP contribution in [0.5, 0.6) is 5.75 Å². The van der Waals surface area contributed by atoms with Crippen molar-refractivity contribution in [3.8, 4) is 11.4 Å². The van der Waals surface area contributed by atoms with Gasteiger partial charge in [-0.3, -0.25) is 14.0 Å². The van der Waals surface area contributed by atoms with Crippen molar-refractivity contribution in [2.45, 2.75) is 37.1 Å². The summed E-state index contributed by atoms with van der Waals surface area (Å²) in [6.07, 6.45) is 2.10. The van der Waals surface area contributed by atoms with E-state index < -0.39 is 0 Å². The summed E-state index contributed by atoms with van der Waals surface area (Å²) in [5.74, 6) is 1.05. The first-order valence-corrected chi connectivity index (χ1v) is 11.9. The predicted octanol–water partition coefficient (Wildman–Crippen LogP) is 3.45. The van der Waals surface area contributed by atoms with E-state index >= 15 is 0 Å². The number of rotatable bonds is 5. The molecule has 3 heterocycles. The highest BCUT2D eigenvalue weighted by atomic mass is 32.2. The zero-order chi connectivity index (χ0) is 23.1. The summed E-state index contributed by atoms with van der Waals surface area (Å²) in [6.45, 7) is 5.47. The standard InChI is InChI=1S/C24H25N5O3S/c1-15-10-11-20(32-3)19(14-15)28-22(31)17-8-4-5-9-18(17)29-23(28)25-26-24(29)33-16(2)21(30)27-12-6-7-13-27/h4-5,8-11,14,16H,6-7,12-13H2,1-3H3. The highest BCUT2D eigenvalue weighted by molar-refractivity contribution is 8.00. The lowest BCUT2D eigenvalue weighted by Crippen LogP contribution is -2.34. The Morgan fingerprint density at radius 1 is 1.12 bits per heavy atom. The molecule has 1 fully saturated rings. The number of para-hydroxylation sites is 1. The van der Waals surface area contributed by atoms with E-state index in [1.807, 2.05) is 59.5 Å². The molecule has 0 spiro atoms. The minimum absolute atomic E-state index is 0.104. The second-order valence-corrected chi connectivity index (χ2v) is 9.55. The largest absolute Gasteiger partial charge is 0.495 e. The highest BCUT2D eigenvalue weighted by Gasteiger charge is 2.27. The van der Waals surface area contributed by atoms with Crippen LogP contribution < -0.4 is 10.3 Å². The molecule has 1 saturated heterocycles. The monoisotopic (exact) mass is 463 g/mol. The second kappa shape index (κ2) is 8.55. The van der Waals surface area contributed by atoms with Crippen LogP contribution in [0.3, 0.4) is 0 Å². The zero-order valence-corrected chi connectivity index (χ0v) is 19.6. The van der Waals surface area contributed by atoms with Crippen LogP contribution in [0.15, 0.2) is 52.4 Å². The molecule has 1 unspecified atom stereocenters. The number of carbonyl (C=O) groups is 1. The van der Waals surface area contributed by atoms with E-state index in [-0.39, 0.29) is 16.7 Å². The molecule has 2 aromatic carbocycles. The fraction of sp³-hybridized carbons (Fsp3) is 0.333. The summed E-state index contributed by atoms with van der Waals surface area (Å²) in [5.41, 5.74) is 2.09. The van der Waals surface area contributed by atoms with Crippen molar-refractivity contribution in [3.63, 3.8) is 0 Å². The predicted molar refractivity (Wildman–Crippen MR) is 129 cm³/mol. The maximum absolute atomic E-state index is 13.6. The topological polar surface area (TPSA) is 81.7 Å². The van der Waals surface area contributed by atoms with Gasteiger partial charge in [0.05, 0.1) is 29.0 Å². The van der Waals surface area contributed by atoms with Gasteiger partial charge in [-0.05, 0) is 56.5 Å². The molecule has 0 aliphatic carbocycles. The van der Waals surface area contributed by atoms with Crippen LogP contribution in [0.25, 0.3) is 22.4 Å². The quantitative estimate of drug-likeness (QED) is 0.422. The van der Waals surface area contributed by atoms with Gasteiger partial charge in [-0.2, -0.15) is 0 Å². The normalized spacial score (nSPS) is 14.8. The number of aromatic nitrogens is 4. The Morgan fingerprint density at radius 3 is 2.64 bits per heavy atom. The van der Waals surface area contributed by atoms with Gasteiger partial charge in [-0.25, -0.2) is 4.57 Å². The summed E-state index contributed by atoms with van der Waals surface area (Å²) in [5, 5.41) is 9.59. The van der Waals surface area contributed by atoms with E-state index in [0.29, 0.717) is 33.3 Å². The number of hydrogen-bond donors (Lipinski definition) is 0. The lowest BCUT2D eigenvalue weighted by Gasteiger charge is -2.19. The Morgan fingerprint density at radius 2 is 1.88 bits per heavy atom. The first-order valence-electron chi connectivity index (χ1n) is 11.0. The summed E-state index contributed by atoms with van der Waals surface area (Å²) in [4.78, 5) is 28.4. The fourth-order valence-corrected chi connectivity index (χ4v) is 5.29. The lowest BCUT2D eigenvalue weighted by molar-refractivity contribution is -0.129. The van der Waals surface area contributed by atoms with E-state index in [9.17, 15) is 9.59 Å². The molecule has 1 aliphatic rings. The van der Waals surface area contributed by atoms with E-state index in [4.69, 9.17) is 4.74 Å². The van der Waals surface area contributed by atoms with Crippen molar-refractivity contribution >= 4 is 34.3 Å². The third-order valence-electron chi connectivity index (χ3n) is 6.02. The molecule has 0 bridgehead atoms. The Balaban J connectivity index is 1.71. The molecule has 2 aromatic heterocycles. The van der Waals surface area contributed by atoms with Crippen LogP contribution >= 0.6 is 11.8 Å². The van der Waals surface area contributed by atoms with Crippen LogP contribution in [0, 0.1) is 6.92 Å². The van der Waals surface area contributed by atoms with Crippen molar-refractivity contribution < 1.29 is 9.53 Å². The van der Waals surface area contributed by atoms with Gasteiger partial charge < -0.3 is 9.64 Å². The highest BCUT2D eigenvalue weighted by Crippen LogP contribution is 2.30. The molecule has 1 amide bonds. The number of ether oxygens (including phenoxy) is 1. The number of fused-ring (bicyclic) bond motifs is 3. The molecular formula is C24H25N5O3S. The molecule has 5 rings (SSSR count). The van der Waals surface area contributed by atoms with Crippen LogP contribution in [0.4, 0.5) is 0 Å². The first kappa shape index (κ1) is 21.5. The molecule has 33 heavy (non-hydrogen) atoms. The average molecular weight is 464 g/mol. The van der Waals surface area contributed by atoms with Gasteiger partial charge in [0.15, 0.2) is 5.16 Å². The van der Waals surface area contributed by atoms with Gasteiger partial charge in [-0.15, -0.1) is 10.2 Å². The van der Waals surface area contributed by atoms with Crippen LogP contribution in [-0.2, 0) is 4.79 Å². The second-order valence-electron chi connectivity index (χ2n) is 8.24. The van der Waals surface area contributed by atoms with Crippen molar-refractivity contribution in [2.75, 3.05) is 20.2 Å². The number of nitrogens with zero attached hydrogens (tertiary/aromatic N) is 5. The van der Waals surface area contributed by atoms with E-state index in [2.05, 4.69) is 10.2 Å². The van der Waals surface area contributed by atoms with Gasteiger partial charge >= 0.3 is 0 Å². The molecule has 8 nitrogen and oxygen atoms in total. The summed E-state index contributed by atoms with van der Waals surface area (Å²) in [7, 11) is 1.58.